The highest BCUT2D eigenvalue weighted by atomic mass is 79.9. The quantitative estimate of drug-likeness (QED) is 0.665. The van der Waals surface area contributed by atoms with Crippen LogP contribution in [-0.2, 0) is 6.18 Å². The molecule has 2 aromatic carbocycles. The van der Waals surface area contributed by atoms with Crippen molar-refractivity contribution in [3.8, 4) is 17.6 Å². The van der Waals surface area contributed by atoms with Gasteiger partial charge in [0.1, 0.15) is 11.5 Å². The molecule has 0 bridgehead atoms. The molecule has 0 saturated carbocycles. The van der Waals surface area contributed by atoms with E-state index in [0.29, 0.717) is 0 Å². The fraction of sp³-hybridized carbons (Fsp3) is 0.0714. The largest absolute Gasteiger partial charge is 0.456 e. The first-order valence-electron chi connectivity index (χ1n) is 5.55. The number of alkyl halides is 3. The van der Waals surface area contributed by atoms with Crippen LogP contribution in [-0.4, -0.2) is 0 Å². The van der Waals surface area contributed by atoms with E-state index in [1.807, 2.05) is 0 Å². The first-order chi connectivity index (χ1) is 9.81. The Kier molecular flexibility index (Phi) is 4.45. The summed E-state index contributed by atoms with van der Waals surface area (Å²) in [5, 5.41) is 8.97. The minimum absolute atomic E-state index is 0.0504. The molecule has 0 atom stereocenters. The molecule has 0 aliphatic carbocycles. The van der Waals surface area contributed by atoms with E-state index < -0.39 is 17.3 Å². The summed E-state index contributed by atoms with van der Waals surface area (Å²) in [4.78, 5) is 0. The molecule has 2 aromatic rings. The van der Waals surface area contributed by atoms with Gasteiger partial charge >= 0.3 is 6.18 Å². The number of rotatable bonds is 2. The molecule has 0 spiro atoms. The van der Waals surface area contributed by atoms with Crippen molar-refractivity contribution in [3.05, 3.63) is 57.0 Å². The van der Waals surface area contributed by atoms with Gasteiger partial charge in [-0.1, -0.05) is 27.5 Å². The molecule has 2 rings (SSSR count). The number of benzene rings is 2. The Balaban J connectivity index is 2.40. The molecule has 0 aliphatic rings. The summed E-state index contributed by atoms with van der Waals surface area (Å²) >= 11 is 9.15. The van der Waals surface area contributed by atoms with Crippen LogP contribution in [0.25, 0.3) is 0 Å². The van der Waals surface area contributed by atoms with E-state index in [2.05, 4.69) is 15.9 Å². The average molecular weight is 377 g/mol. The van der Waals surface area contributed by atoms with E-state index in [1.165, 1.54) is 18.2 Å². The third-order valence-electron chi connectivity index (χ3n) is 2.54. The van der Waals surface area contributed by atoms with Crippen LogP contribution in [0.4, 0.5) is 13.2 Å². The van der Waals surface area contributed by atoms with Crippen molar-refractivity contribution in [2.24, 2.45) is 0 Å². The fourth-order valence-corrected chi connectivity index (χ4v) is 2.32. The van der Waals surface area contributed by atoms with Crippen molar-refractivity contribution in [3.63, 3.8) is 0 Å². The molecular formula is C14H6BrClF3NO. The highest BCUT2D eigenvalue weighted by molar-refractivity contribution is 9.10. The van der Waals surface area contributed by atoms with Crippen molar-refractivity contribution in [1.82, 2.24) is 0 Å². The van der Waals surface area contributed by atoms with E-state index in [9.17, 15) is 13.2 Å². The van der Waals surface area contributed by atoms with Crippen LogP contribution in [0.5, 0.6) is 11.5 Å². The molecule has 0 aromatic heterocycles. The monoisotopic (exact) mass is 375 g/mol. The van der Waals surface area contributed by atoms with Gasteiger partial charge in [-0.05, 0) is 36.4 Å². The SMILES string of the molecule is N#Cc1ccc(Oc2ccc(Br)cc2Cl)cc1C(F)(F)F. The van der Waals surface area contributed by atoms with Crippen molar-refractivity contribution in [1.29, 1.82) is 5.26 Å². The van der Waals surface area contributed by atoms with E-state index in [-0.39, 0.29) is 16.5 Å². The lowest BCUT2D eigenvalue weighted by atomic mass is 10.1. The van der Waals surface area contributed by atoms with Gasteiger partial charge < -0.3 is 4.74 Å². The van der Waals surface area contributed by atoms with Gasteiger partial charge in [-0.25, -0.2) is 0 Å². The van der Waals surface area contributed by atoms with Gasteiger partial charge in [0.05, 0.1) is 22.2 Å². The molecule has 0 fully saturated rings. The van der Waals surface area contributed by atoms with Crippen LogP contribution in [0, 0.1) is 11.3 Å². The lowest BCUT2D eigenvalue weighted by molar-refractivity contribution is -0.137. The first kappa shape index (κ1) is 15.7. The number of nitriles is 1. The first-order valence-corrected chi connectivity index (χ1v) is 6.72. The van der Waals surface area contributed by atoms with Gasteiger partial charge in [0.15, 0.2) is 0 Å². The van der Waals surface area contributed by atoms with Crippen LogP contribution >= 0.6 is 27.5 Å². The van der Waals surface area contributed by atoms with Gasteiger partial charge in [0.2, 0.25) is 0 Å². The summed E-state index contributed by atoms with van der Waals surface area (Å²) < 4.78 is 44.6. The van der Waals surface area contributed by atoms with Crippen molar-refractivity contribution in [2.75, 3.05) is 0 Å². The van der Waals surface area contributed by atoms with Gasteiger partial charge in [-0.2, -0.15) is 18.4 Å². The maximum Gasteiger partial charge on any atom is 0.417 e. The average Bonchev–Trinajstić information content (AvgIpc) is 2.41. The van der Waals surface area contributed by atoms with E-state index in [1.54, 1.807) is 12.1 Å². The maximum atomic E-state index is 12.8. The predicted molar refractivity (Wildman–Crippen MR) is 75.4 cm³/mol. The standard InChI is InChI=1S/C14H6BrClF3NO/c15-9-2-4-13(12(16)5-9)21-10-3-1-8(7-20)11(6-10)14(17,18)19/h1-6H. The predicted octanol–water partition coefficient (Wildman–Crippen LogP) is 5.79. The Hall–Kier alpha value is -1.71. The van der Waals surface area contributed by atoms with Crippen LogP contribution in [0.15, 0.2) is 40.9 Å². The lowest BCUT2D eigenvalue weighted by Crippen LogP contribution is -2.07. The molecule has 0 aliphatic heterocycles. The van der Waals surface area contributed by atoms with Gasteiger partial charge in [-0.3, -0.25) is 0 Å². The third-order valence-corrected chi connectivity index (χ3v) is 3.33. The summed E-state index contributed by atoms with van der Waals surface area (Å²) in [6, 6.07) is 9.36. The van der Waals surface area contributed by atoms with Crippen molar-refractivity contribution < 1.29 is 17.9 Å². The van der Waals surface area contributed by atoms with Gasteiger partial charge in [0, 0.05) is 4.47 Å². The number of nitrogens with zero attached hydrogens (tertiary/aromatic N) is 1. The second-order valence-corrected chi connectivity index (χ2v) is 5.32. The van der Waals surface area contributed by atoms with Gasteiger partial charge in [-0.15, -0.1) is 0 Å². The maximum absolute atomic E-state index is 12.8. The van der Waals surface area contributed by atoms with E-state index in [4.69, 9.17) is 21.6 Å². The van der Waals surface area contributed by atoms with Crippen molar-refractivity contribution >= 4 is 27.5 Å². The molecule has 108 valence electrons. The van der Waals surface area contributed by atoms with Crippen LogP contribution in [0.2, 0.25) is 5.02 Å². The smallest absolute Gasteiger partial charge is 0.417 e. The summed E-state index contributed by atoms with van der Waals surface area (Å²) in [5.41, 5.74) is -1.51. The fourth-order valence-electron chi connectivity index (χ4n) is 1.60. The molecule has 0 N–H and O–H groups in total. The van der Waals surface area contributed by atoms with Crippen LogP contribution in [0.1, 0.15) is 11.1 Å². The Morgan fingerprint density at radius 1 is 1.14 bits per heavy atom. The number of hydrogen-bond acceptors (Lipinski definition) is 2. The number of hydrogen-bond donors (Lipinski definition) is 0. The van der Waals surface area contributed by atoms with Crippen molar-refractivity contribution in [2.45, 2.75) is 6.18 Å². The number of ether oxygens (including phenoxy) is 1. The summed E-state index contributed by atoms with van der Waals surface area (Å²) in [6.07, 6.45) is -4.63. The zero-order valence-corrected chi connectivity index (χ0v) is 12.6. The zero-order chi connectivity index (χ0) is 15.6. The molecule has 0 unspecified atom stereocenters. The Morgan fingerprint density at radius 3 is 2.43 bits per heavy atom. The van der Waals surface area contributed by atoms with Gasteiger partial charge in [0.25, 0.3) is 0 Å². The molecule has 0 heterocycles. The second-order valence-electron chi connectivity index (χ2n) is 3.99. The summed E-state index contributed by atoms with van der Waals surface area (Å²) in [6.45, 7) is 0. The molecule has 7 heteroatoms. The summed E-state index contributed by atoms with van der Waals surface area (Å²) in [5.74, 6) is 0.170. The highest BCUT2D eigenvalue weighted by Gasteiger charge is 2.34. The topological polar surface area (TPSA) is 33.0 Å². The minimum atomic E-state index is -4.63. The molecule has 0 radical (unpaired) electrons. The van der Waals surface area contributed by atoms with E-state index >= 15 is 0 Å². The molecule has 0 saturated heterocycles. The molecule has 0 amide bonds. The van der Waals surface area contributed by atoms with Crippen LogP contribution in [0.3, 0.4) is 0 Å². The molecular weight excluding hydrogens is 371 g/mol. The second kappa shape index (κ2) is 5.96. The normalized spacial score (nSPS) is 11.0. The Labute approximate surface area is 131 Å². The number of halogens is 5. The lowest BCUT2D eigenvalue weighted by Gasteiger charge is -2.12. The molecule has 21 heavy (non-hydrogen) atoms. The Bertz CT molecular complexity index is 725. The molecule has 2 nitrogen and oxygen atoms in total. The third kappa shape index (κ3) is 3.69. The van der Waals surface area contributed by atoms with E-state index in [0.717, 1.165) is 16.6 Å². The van der Waals surface area contributed by atoms with Crippen LogP contribution < -0.4 is 4.74 Å². The highest BCUT2D eigenvalue weighted by Crippen LogP contribution is 2.37. The zero-order valence-electron chi connectivity index (χ0n) is 10.2. The minimum Gasteiger partial charge on any atom is -0.456 e. The Morgan fingerprint density at radius 2 is 1.86 bits per heavy atom. The summed E-state index contributed by atoms with van der Waals surface area (Å²) in [7, 11) is 0.